The summed E-state index contributed by atoms with van der Waals surface area (Å²) in [6.07, 6.45) is -3.12. The molecule has 9 heteroatoms. The topological polar surface area (TPSA) is 68.3 Å². The zero-order valence-corrected chi connectivity index (χ0v) is 12.5. The Hall–Kier alpha value is -1.51. The van der Waals surface area contributed by atoms with Crippen LogP contribution in [0.15, 0.2) is 18.3 Å². The molecule has 1 unspecified atom stereocenters. The molecule has 1 heterocycles. The molecular formula is C12H17F3N2O3S. The molecule has 1 atom stereocenters. The zero-order chi connectivity index (χ0) is 16.1. The molecule has 5 nitrogen and oxygen atoms in total. The van der Waals surface area contributed by atoms with Crippen molar-refractivity contribution in [2.75, 3.05) is 23.4 Å². The van der Waals surface area contributed by atoms with Gasteiger partial charge < -0.3 is 10.1 Å². The van der Waals surface area contributed by atoms with E-state index in [9.17, 15) is 21.6 Å². The summed E-state index contributed by atoms with van der Waals surface area (Å²) in [6, 6.07) is 2.43. The van der Waals surface area contributed by atoms with Gasteiger partial charge in [-0.1, -0.05) is 6.92 Å². The zero-order valence-electron chi connectivity index (χ0n) is 11.6. The largest absolute Gasteiger partial charge is 0.468 e. The molecule has 0 amide bonds. The Balaban J connectivity index is 2.55. The first-order valence-corrected chi connectivity index (χ1v) is 8.06. The number of pyridine rings is 1. The number of ether oxygens (including phenoxy) is 1. The van der Waals surface area contributed by atoms with Crippen LogP contribution in [0.2, 0.25) is 0 Å². The fraction of sp³-hybridized carbons (Fsp3) is 0.583. The van der Waals surface area contributed by atoms with Crippen LogP contribution in [0.1, 0.15) is 13.8 Å². The van der Waals surface area contributed by atoms with Crippen LogP contribution in [0.3, 0.4) is 0 Å². The molecule has 0 aliphatic heterocycles. The van der Waals surface area contributed by atoms with Crippen LogP contribution in [0.25, 0.3) is 0 Å². The highest BCUT2D eigenvalue weighted by Crippen LogP contribution is 2.18. The Bertz CT molecular complexity index is 544. The summed E-state index contributed by atoms with van der Waals surface area (Å²) in [5, 5.41) is 2.91. The van der Waals surface area contributed by atoms with Gasteiger partial charge in [-0.25, -0.2) is 13.4 Å². The lowest BCUT2D eigenvalue weighted by molar-refractivity contribution is -0.154. The van der Waals surface area contributed by atoms with Crippen molar-refractivity contribution in [3.63, 3.8) is 0 Å². The van der Waals surface area contributed by atoms with E-state index in [0.717, 1.165) is 0 Å². The average molecular weight is 326 g/mol. The van der Waals surface area contributed by atoms with E-state index in [4.69, 9.17) is 0 Å². The Morgan fingerprint density at radius 1 is 1.38 bits per heavy atom. The molecule has 1 N–H and O–H groups in total. The van der Waals surface area contributed by atoms with Crippen LogP contribution in [-0.2, 0) is 9.84 Å². The molecular weight excluding hydrogens is 309 g/mol. The quantitative estimate of drug-likeness (QED) is 0.832. The number of anilines is 1. The summed E-state index contributed by atoms with van der Waals surface area (Å²) in [5.74, 6) is -0.121. The van der Waals surface area contributed by atoms with Gasteiger partial charge in [0.15, 0.2) is 16.4 Å². The third-order valence-corrected chi connectivity index (χ3v) is 4.36. The average Bonchev–Trinajstić information content (AvgIpc) is 2.36. The molecule has 0 aliphatic rings. The minimum Gasteiger partial charge on any atom is -0.468 e. The Morgan fingerprint density at radius 3 is 2.52 bits per heavy atom. The van der Waals surface area contributed by atoms with Crippen molar-refractivity contribution in [2.45, 2.75) is 26.1 Å². The van der Waals surface area contributed by atoms with Crippen LogP contribution < -0.4 is 10.1 Å². The Labute approximate surface area is 121 Å². The van der Waals surface area contributed by atoms with Crippen molar-refractivity contribution >= 4 is 15.5 Å². The highest BCUT2D eigenvalue weighted by molar-refractivity contribution is 7.91. The van der Waals surface area contributed by atoms with Gasteiger partial charge in [-0.2, -0.15) is 13.2 Å². The van der Waals surface area contributed by atoms with Crippen LogP contribution in [-0.4, -0.2) is 43.7 Å². The van der Waals surface area contributed by atoms with E-state index in [1.54, 1.807) is 13.8 Å². The van der Waals surface area contributed by atoms with Gasteiger partial charge in [0.2, 0.25) is 5.88 Å². The predicted octanol–water partition coefficient (Wildman–Crippen LogP) is 2.26. The number of nitrogens with zero attached hydrogens (tertiary/aromatic N) is 1. The van der Waals surface area contributed by atoms with E-state index >= 15 is 0 Å². The normalized spacial score (nSPS) is 13.8. The number of aromatic nitrogens is 1. The predicted molar refractivity (Wildman–Crippen MR) is 73.2 cm³/mol. The number of nitrogens with one attached hydrogen (secondary N) is 1. The Morgan fingerprint density at radius 2 is 2.05 bits per heavy atom. The molecule has 0 radical (unpaired) electrons. The molecule has 0 bridgehead atoms. The van der Waals surface area contributed by atoms with Crippen molar-refractivity contribution in [2.24, 2.45) is 0 Å². The summed E-state index contributed by atoms with van der Waals surface area (Å²) < 4.78 is 63.3. The van der Waals surface area contributed by atoms with Gasteiger partial charge in [0.25, 0.3) is 0 Å². The lowest BCUT2D eigenvalue weighted by Crippen LogP contribution is -2.26. The highest BCUT2D eigenvalue weighted by Gasteiger charge is 2.28. The summed E-state index contributed by atoms with van der Waals surface area (Å²) in [5.41, 5.74) is 0.508. The maximum atomic E-state index is 12.0. The van der Waals surface area contributed by atoms with Crippen LogP contribution >= 0.6 is 0 Å². The van der Waals surface area contributed by atoms with Crippen molar-refractivity contribution < 1.29 is 26.3 Å². The summed E-state index contributed by atoms with van der Waals surface area (Å²) in [4.78, 5) is 3.72. The molecule has 120 valence electrons. The number of hydrogen-bond acceptors (Lipinski definition) is 5. The summed E-state index contributed by atoms with van der Waals surface area (Å²) in [7, 11) is -3.10. The summed E-state index contributed by atoms with van der Waals surface area (Å²) in [6.45, 7) is 1.86. The lowest BCUT2D eigenvalue weighted by Gasteiger charge is -2.15. The maximum absolute atomic E-state index is 12.0. The van der Waals surface area contributed by atoms with Gasteiger partial charge >= 0.3 is 6.18 Å². The molecule has 0 saturated heterocycles. The van der Waals surface area contributed by atoms with Gasteiger partial charge in [0.05, 0.1) is 17.6 Å². The molecule has 0 saturated carbocycles. The minimum absolute atomic E-state index is 0.0319. The molecule has 0 aliphatic carbocycles. The van der Waals surface area contributed by atoms with E-state index in [0.29, 0.717) is 5.69 Å². The molecule has 1 aromatic heterocycles. The van der Waals surface area contributed by atoms with Crippen molar-refractivity contribution in [1.82, 2.24) is 4.98 Å². The van der Waals surface area contributed by atoms with E-state index in [2.05, 4.69) is 15.0 Å². The molecule has 1 aromatic rings. The fourth-order valence-corrected chi connectivity index (χ4v) is 2.61. The van der Waals surface area contributed by atoms with Crippen molar-refractivity contribution in [3.8, 4) is 5.88 Å². The van der Waals surface area contributed by atoms with Crippen molar-refractivity contribution in [3.05, 3.63) is 18.3 Å². The molecule has 1 rings (SSSR count). The van der Waals surface area contributed by atoms with Crippen LogP contribution in [0.4, 0.5) is 18.9 Å². The number of rotatable bonds is 7. The third-order valence-electron chi connectivity index (χ3n) is 2.48. The van der Waals surface area contributed by atoms with Gasteiger partial charge in [-0.3, -0.25) is 0 Å². The molecule has 0 fully saturated rings. The minimum atomic E-state index is -4.42. The van der Waals surface area contributed by atoms with E-state index in [-0.39, 0.29) is 23.4 Å². The third kappa shape index (κ3) is 7.16. The summed E-state index contributed by atoms with van der Waals surface area (Å²) >= 11 is 0. The molecule has 0 aromatic carbocycles. The van der Waals surface area contributed by atoms with Crippen LogP contribution in [0, 0.1) is 0 Å². The molecule has 21 heavy (non-hydrogen) atoms. The van der Waals surface area contributed by atoms with Gasteiger partial charge in [-0.05, 0) is 13.0 Å². The maximum Gasteiger partial charge on any atom is 0.422 e. The standard InChI is InChI=1S/C12H17F3N2O3S/c1-3-21(18,19)7-9(2)17-10-4-5-11(16-6-10)20-8-12(13,14)15/h4-6,9,17H,3,7-8H2,1-2H3. The molecule has 0 spiro atoms. The van der Waals surface area contributed by atoms with Gasteiger partial charge in [-0.15, -0.1) is 0 Å². The SMILES string of the molecule is CCS(=O)(=O)CC(C)Nc1ccc(OCC(F)(F)F)nc1. The number of hydrogen-bond donors (Lipinski definition) is 1. The van der Waals surface area contributed by atoms with Gasteiger partial charge in [0, 0.05) is 17.9 Å². The second-order valence-electron chi connectivity index (χ2n) is 4.53. The monoisotopic (exact) mass is 326 g/mol. The smallest absolute Gasteiger partial charge is 0.422 e. The first-order valence-electron chi connectivity index (χ1n) is 6.24. The van der Waals surface area contributed by atoms with Crippen molar-refractivity contribution in [1.29, 1.82) is 0 Å². The fourth-order valence-electron chi connectivity index (χ4n) is 1.53. The van der Waals surface area contributed by atoms with Crippen LogP contribution in [0.5, 0.6) is 5.88 Å². The van der Waals surface area contributed by atoms with E-state index in [1.807, 2.05) is 0 Å². The number of alkyl halides is 3. The number of sulfone groups is 1. The van der Waals surface area contributed by atoms with Gasteiger partial charge in [0.1, 0.15) is 0 Å². The number of halogens is 3. The first kappa shape index (κ1) is 17.5. The second kappa shape index (κ2) is 6.97. The Kier molecular flexibility index (Phi) is 5.82. The van der Waals surface area contributed by atoms with E-state index < -0.39 is 22.6 Å². The highest BCUT2D eigenvalue weighted by atomic mass is 32.2. The lowest BCUT2D eigenvalue weighted by atomic mass is 10.3. The first-order chi connectivity index (χ1) is 9.61. The second-order valence-corrected chi connectivity index (χ2v) is 6.93. The van der Waals surface area contributed by atoms with E-state index in [1.165, 1.54) is 18.3 Å².